The lowest BCUT2D eigenvalue weighted by Gasteiger charge is -2.15. The van der Waals surface area contributed by atoms with Crippen molar-refractivity contribution >= 4 is 22.5 Å². The summed E-state index contributed by atoms with van der Waals surface area (Å²) in [5.41, 5.74) is 2.46. The van der Waals surface area contributed by atoms with E-state index in [1.807, 2.05) is 12.3 Å². The van der Waals surface area contributed by atoms with Gasteiger partial charge in [-0.05, 0) is 24.5 Å². The molecule has 2 heteroatoms. The molecule has 0 bridgehead atoms. The number of hydrogen-bond acceptors (Lipinski definition) is 1. The number of alkyl halides is 1. The molecule has 1 aliphatic rings. The molecule has 0 saturated heterocycles. The van der Waals surface area contributed by atoms with E-state index in [4.69, 9.17) is 11.6 Å². The summed E-state index contributed by atoms with van der Waals surface area (Å²) >= 11 is 6.39. The topological polar surface area (TPSA) is 12.9 Å². The molecule has 1 nitrogen and oxygen atoms in total. The monoisotopic (exact) mass is 231 g/mol. The molecule has 1 aromatic carbocycles. The Bertz CT molecular complexity index is 504. The summed E-state index contributed by atoms with van der Waals surface area (Å²) in [5, 5.41) is 1.50. The van der Waals surface area contributed by atoms with Crippen molar-refractivity contribution in [2.24, 2.45) is 0 Å². The molecule has 0 radical (unpaired) electrons. The average Bonchev–Trinajstić information content (AvgIpc) is 2.75. The van der Waals surface area contributed by atoms with Crippen LogP contribution >= 0.6 is 11.6 Å². The number of halogens is 1. The van der Waals surface area contributed by atoms with E-state index in [1.54, 1.807) is 0 Å². The van der Waals surface area contributed by atoms with E-state index < -0.39 is 0 Å². The molecule has 1 aromatic heterocycles. The Balaban J connectivity index is 2.16. The van der Waals surface area contributed by atoms with Gasteiger partial charge in [-0.2, -0.15) is 0 Å². The van der Waals surface area contributed by atoms with Crippen molar-refractivity contribution in [2.45, 2.75) is 30.6 Å². The van der Waals surface area contributed by atoms with Gasteiger partial charge in [0.15, 0.2) is 0 Å². The summed E-state index contributed by atoms with van der Waals surface area (Å²) in [6, 6.07) is 10.5. The van der Waals surface area contributed by atoms with Crippen LogP contribution in [0.3, 0.4) is 0 Å². The fourth-order valence-electron chi connectivity index (χ4n) is 2.69. The number of aromatic nitrogens is 1. The second-order valence-electron chi connectivity index (χ2n) is 4.48. The Labute approximate surface area is 100 Å². The van der Waals surface area contributed by atoms with Crippen LogP contribution < -0.4 is 0 Å². The van der Waals surface area contributed by atoms with E-state index >= 15 is 0 Å². The van der Waals surface area contributed by atoms with Crippen molar-refractivity contribution in [2.75, 3.05) is 0 Å². The van der Waals surface area contributed by atoms with Gasteiger partial charge >= 0.3 is 0 Å². The maximum atomic E-state index is 6.39. The minimum Gasteiger partial charge on any atom is -0.256 e. The SMILES string of the molecule is ClC1CCCC1c1cccc2cccnc12. The summed E-state index contributed by atoms with van der Waals surface area (Å²) < 4.78 is 0. The number of fused-ring (bicyclic) bond motifs is 1. The first-order valence-corrected chi connectivity index (χ1v) is 6.27. The Morgan fingerprint density at radius 2 is 2.00 bits per heavy atom. The molecule has 0 aliphatic heterocycles. The molecular formula is C14H14ClN. The number of para-hydroxylation sites is 1. The molecule has 0 amide bonds. The highest BCUT2D eigenvalue weighted by Gasteiger charge is 2.28. The van der Waals surface area contributed by atoms with Gasteiger partial charge in [0.25, 0.3) is 0 Å². The van der Waals surface area contributed by atoms with Gasteiger partial charge in [0, 0.05) is 22.9 Å². The van der Waals surface area contributed by atoms with Gasteiger partial charge in [0.1, 0.15) is 0 Å². The minimum atomic E-state index is 0.285. The second-order valence-corrected chi connectivity index (χ2v) is 5.04. The molecule has 1 fully saturated rings. The molecule has 82 valence electrons. The van der Waals surface area contributed by atoms with Crippen LogP contribution in [0.4, 0.5) is 0 Å². The largest absolute Gasteiger partial charge is 0.256 e. The van der Waals surface area contributed by atoms with Crippen molar-refractivity contribution in [1.82, 2.24) is 4.98 Å². The number of hydrogen-bond donors (Lipinski definition) is 0. The summed E-state index contributed by atoms with van der Waals surface area (Å²) in [6.07, 6.45) is 5.44. The number of benzene rings is 1. The van der Waals surface area contributed by atoms with E-state index in [9.17, 15) is 0 Å². The van der Waals surface area contributed by atoms with Gasteiger partial charge in [-0.1, -0.05) is 30.7 Å². The van der Waals surface area contributed by atoms with Crippen LogP contribution in [-0.4, -0.2) is 10.4 Å². The van der Waals surface area contributed by atoms with Crippen molar-refractivity contribution in [1.29, 1.82) is 0 Å². The first kappa shape index (κ1) is 10.1. The molecule has 0 spiro atoms. The van der Waals surface area contributed by atoms with Crippen LogP contribution in [0.5, 0.6) is 0 Å². The van der Waals surface area contributed by atoms with Gasteiger partial charge < -0.3 is 0 Å². The van der Waals surface area contributed by atoms with Crippen LogP contribution in [0.1, 0.15) is 30.7 Å². The minimum absolute atomic E-state index is 0.285. The maximum Gasteiger partial charge on any atom is 0.0737 e. The van der Waals surface area contributed by atoms with Crippen LogP contribution in [0.25, 0.3) is 10.9 Å². The second kappa shape index (κ2) is 4.06. The third-order valence-electron chi connectivity index (χ3n) is 3.50. The Morgan fingerprint density at radius 3 is 2.81 bits per heavy atom. The van der Waals surface area contributed by atoms with Crippen LogP contribution in [0.15, 0.2) is 36.5 Å². The molecule has 0 N–H and O–H groups in total. The zero-order valence-electron chi connectivity index (χ0n) is 9.07. The van der Waals surface area contributed by atoms with Gasteiger partial charge in [-0.25, -0.2) is 0 Å². The van der Waals surface area contributed by atoms with Gasteiger partial charge in [0.2, 0.25) is 0 Å². The van der Waals surface area contributed by atoms with Crippen LogP contribution in [0, 0.1) is 0 Å². The van der Waals surface area contributed by atoms with E-state index in [2.05, 4.69) is 29.2 Å². The first-order valence-electron chi connectivity index (χ1n) is 5.84. The Kier molecular flexibility index (Phi) is 2.56. The molecule has 1 saturated carbocycles. The van der Waals surface area contributed by atoms with Gasteiger partial charge in [-0.3, -0.25) is 4.98 Å². The van der Waals surface area contributed by atoms with Crippen molar-refractivity contribution in [3.05, 3.63) is 42.1 Å². The first-order chi connectivity index (χ1) is 7.86. The summed E-state index contributed by atoms with van der Waals surface area (Å²) in [6.45, 7) is 0. The standard InChI is InChI=1S/C14H14ClN/c15-13-8-2-6-11(13)12-7-1-4-10-5-3-9-16-14(10)12/h1,3-5,7,9,11,13H,2,6,8H2. The lowest BCUT2D eigenvalue weighted by molar-refractivity contribution is 0.734. The van der Waals surface area contributed by atoms with Gasteiger partial charge in [-0.15, -0.1) is 11.6 Å². The fraction of sp³-hybridized carbons (Fsp3) is 0.357. The predicted octanol–water partition coefficient (Wildman–Crippen LogP) is 4.11. The number of rotatable bonds is 1. The third-order valence-corrected chi connectivity index (χ3v) is 4.02. The molecular weight excluding hydrogens is 218 g/mol. The molecule has 2 unspecified atom stereocenters. The summed E-state index contributed by atoms with van der Waals surface area (Å²) in [5.74, 6) is 0.486. The van der Waals surface area contributed by atoms with Crippen molar-refractivity contribution in [3.63, 3.8) is 0 Å². The molecule has 1 heterocycles. The van der Waals surface area contributed by atoms with E-state index in [0.29, 0.717) is 5.92 Å². The third kappa shape index (κ3) is 1.60. The Hall–Kier alpha value is -1.08. The quantitative estimate of drug-likeness (QED) is 0.673. The zero-order chi connectivity index (χ0) is 11.0. The van der Waals surface area contributed by atoms with E-state index in [-0.39, 0.29) is 5.38 Å². The smallest absolute Gasteiger partial charge is 0.0737 e. The number of nitrogens with zero attached hydrogens (tertiary/aromatic N) is 1. The van der Waals surface area contributed by atoms with Crippen LogP contribution in [0.2, 0.25) is 0 Å². The molecule has 16 heavy (non-hydrogen) atoms. The average molecular weight is 232 g/mol. The molecule has 2 atom stereocenters. The Morgan fingerprint density at radius 1 is 1.12 bits per heavy atom. The van der Waals surface area contributed by atoms with E-state index in [1.165, 1.54) is 23.8 Å². The summed E-state index contributed by atoms with van der Waals surface area (Å²) in [7, 11) is 0. The van der Waals surface area contributed by atoms with Crippen molar-refractivity contribution < 1.29 is 0 Å². The predicted molar refractivity (Wildman–Crippen MR) is 68.0 cm³/mol. The highest BCUT2D eigenvalue weighted by atomic mass is 35.5. The zero-order valence-corrected chi connectivity index (χ0v) is 9.82. The lowest BCUT2D eigenvalue weighted by Crippen LogP contribution is -2.05. The fourth-order valence-corrected chi connectivity index (χ4v) is 3.11. The molecule has 2 aromatic rings. The van der Waals surface area contributed by atoms with E-state index in [0.717, 1.165) is 11.9 Å². The van der Waals surface area contributed by atoms with Crippen LogP contribution in [-0.2, 0) is 0 Å². The highest BCUT2D eigenvalue weighted by molar-refractivity contribution is 6.21. The normalized spacial score (nSPS) is 25.1. The van der Waals surface area contributed by atoms with Gasteiger partial charge in [0.05, 0.1) is 5.52 Å². The summed E-state index contributed by atoms with van der Waals surface area (Å²) in [4.78, 5) is 4.50. The highest BCUT2D eigenvalue weighted by Crippen LogP contribution is 2.40. The molecule has 1 aliphatic carbocycles. The maximum absolute atomic E-state index is 6.39. The molecule has 3 rings (SSSR count). The lowest BCUT2D eigenvalue weighted by atomic mass is 9.95. The number of pyridine rings is 1. The van der Waals surface area contributed by atoms with Crippen molar-refractivity contribution in [3.8, 4) is 0 Å².